The largest absolute Gasteiger partial charge is 1.00 e. The smallest absolute Gasteiger partial charge is 1.00 e. The molecule has 2 radical (unpaired) electrons. The minimum absolute atomic E-state index is 0. The van der Waals surface area contributed by atoms with E-state index < -0.39 is 0 Å². The fourth-order valence-electron chi connectivity index (χ4n) is 0. The van der Waals surface area contributed by atoms with Crippen LogP contribution in [0.25, 0.3) is 0 Å². The van der Waals surface area contributed by atoms with Crippen molar-refractivity contribution >= 4 is 24.0 Å². The van der Waals surface area contributed by atoms with Crippen LogP contribution in [0.15, 0.2) is 0 Å². The summed E-state index contributed by atoms with van der Waals surface area (Å²) in [6, 6.07) is 0. The zero-order chi connectivity index (χ0) is 0. The van der Waals surface area contributed by atoms with Gasteiger partial charge in [-0.2, -0.15) is 0 Å². The second-order valence-corrected chi connectivity index (χ2v) is 0. The molecule has 0 spiro atoms. The molecule has 0 aliphatic heterocycles. The van der Waals surface area contributed by atoms with E-state index in [-0.39, 0.29) is 138 Å². The van der Waals surface area contributed by atoms with Crippen LogP contribution in [0.1, 0.15) is 2.85 Å². The summed E-state index contributed by atoms with van der Waals surface area (Å²) in [6.45, 7) is 0. The summed E-state index contributed by atoms with van der Waals surface area (Å²) < 4.78 is 0. The predicted molar refractivity (Wildman–Crippen MR) is 17.6 cm³/mol. The van der Waals surface area contributed by atoms with Crippen LogP contribution in [0.5, 0.6) is 0 Å². The van der Waals surface area contributed by atoms with Crippen molar-refractivity contribution in [3.63, 3.8) is 0 Å². The molecule has 28 valence electrons. The van der Waals surface area contributed by atoms with Gasteiger partial charge in [-0.25, -0.2) is 0 Å². The first-order valence-corrected chi connectivity index (χ1v) is 0. The third-order valence-corrected chi connectivity index (χ3v) is 0. The second kappa shape index (κ2) is 23.7. The van der Waals surface area contributed by atoms with E-state index in [4.69, 9.17) is 0 Å². The first kappa shape index (κ1) is 34.1. The van der Waals surface area contributed by atoms with Gasteiger partial charge in [0.15, 0.2) is 0 Å². The molecule has 0 nitrogen and oxygen atoms in total. The van der Waals surface area contributed by atoms with Crippen LogP contribution in [0.2, 0.25) is 0 Å². The van der Waals surface area contributed by atoms with Crippen molar-refractivity contribution in [1.29, 1.82) is 0 Å². The van der Waals surface area contributed by atoms with Crippen LogP contribution in [0.4, 0.5) is 0 Å². The summed E-state index contributed by atoms with van der Waals surface area (Å²) in [5, 5.41) is 0. The minimum atomic E-state index is 0. The zero-order valence-corrected chi connectivity index (χ0v) is 11.2. The zero-order valence-electron chi connectivity index (χ0n) is 5.26. The van der Waals surface area contributed by atoms with Gasteiger partial charge < -0.3 is 2.85 Å². The molecular weight excluding hydrogens is 371 g/mol. The van der Waals surface area contributed by atoms with Crippen molar-refractivity contribution in [3.8, 4) is 0 Å². The van der Waals surface area contributed by atoms with E-state index in [1.54, 1.807) is 0 Å². The Morgan fingerprint density at radius 1 is 1.20 bits per heavy atom. The van der Waals surface area contributed by atoms with E-state index in [0.29, 0.717) is 0 Å². The maximum Gasteiger partial charge on any atom is 1.00 e. The van der Waals surface area contributed by atoms with Crippen molar-refractivity contribution in [2.24, 2.45) is 0 Å². The van der Waals surface area contributed by atoms with Crippen LogP contribution >= 0.6 is 24.0 Å². The Morgan fingerprint density at radius 2 is 1.20 bits per heavy atom. The summed E-state index contributed by atoms with van der Waals surface area (Å²) >= 11 is 0. The van der Waals surface area contributed by atoms with E-state index in [1.165, 1.54) is 0 Å². The molecule has 0 aromatic carbocycles. The number of hydrogen-bond donors (Lipinski definition) is 0. The van der Waals surface area contributed by atoms with Gasteiger partial charge in [-0.3, -0.25) is 0 Å². The number of hydrogen-bond acceptors (Lipinski definition) is 0. The van der Waals surface area contributed by atoms with Gasteiger partial charge in [-0.1, -0.05) is 0 Å². The number of rotatable bonds is 0. The Hall–Kier alpha value is 4.43. The van der Waals surface area contributed by atoms with Crippen LogP contribution in [-0.4, -0.2) is 0 Å². The Labute approximate surface area is 134 Å². The minimum Gasteiger partial charge on any atom is -1.00 e. The van der Waals surface area contributed by atoms with Gasteiger partial charge in [0.1, 0.15) is 0 Å². The molecule has 0 saturated heterocycles. The molecule has 0 saturated carbocycles. The molecule has 0 bridgehead atoms. The fourth-order valence-corrected chi connectivity index (χ4v) is 0. The Balaban J connectivity index is 0. The molecule has 0 fully saturated rings. The van der Waals surface area contributed by atoms with Crippen LogP contribution in [0.3, 0.4) is 0 Å². The average Bonchev–Trinajstić information content (AvgIpc) is 0. The van der Waals surface area contributed by atoms with Gasteiger partial charge in [0.05, 0.1) is 0 Å². The molecule has 0 aromatic heterocycles. The second-order valence-electron chi connectivity index (χ2n) is 0. The monoisotopic (exact) mass is 374 g/mol. The van der Waals surface area contributed by atoms with Crippen molar-refractivity contribution in [1.82, 2.24) is 0 Å². The standard InChI is InChI=1S/HI.Li.Na.Sc.Tm.2H/h1H;;;;;;/q;2*+1;;;2*-1. The van der Waals surface area contributed by atoms with Crippen LogP contribution < -0.4 is 48.4 Å². The molecule has 0 aromatic rings. The SMILES string of the molecule is I.[H-].[H-].[Li+].[Na+].[Sc].[Tm]. The van der Waals surface area contributed by atoms with E-state index in [0.717, 1.165) is 0 Å². The Morgan fingerprint density at radius 3 is 1.20 bits per heavy atom. The summed E-state index contributed by atoms with van der Waals surface area (Å²) in [5.41, 5.74) is 0. The van der Waals surface area contributed by atoms with Crippen LogP contribution in [-0.2, 0) is 25.8 Å². The van der Waals surface area contributed by atoms with Gasteiger partial charge >= 0.3 is 48.4 Å². The van der Waals surface area contributed by atoms with Crippen molar-refractivity contribution in [2.45, 2.75) is 0 Å². The molecule has 0 amide bonds. The van der Waals surface area contributed by atoms with Crippen molar-refractivity contribution in [2.75, 3.05) is 0 Å². The van der Waals surface area contributed by atoms with E-state index in [1.807, 2.05) is 0 Å². The van der Waals surface area contributed by atoms with Gasteiger partial charge in [0, 0.05) is 62.7 Å². The van der Waals surface area contributed by atoms with E-state index >= 15 is 0 Å². The van der Waals surface area contributed by atoms with E-state index in [9.17, 15) is 0 Å². The first-order chi connectivity index (χ1) is 0. The predicted octanol–water partition coefficient (Wildman–Crippen LogP) is -5.15. The van der Waals surface area contributed by atoms with Gasteiger partial charge in [-0.05, 0) is 0 Å². The summed E-state index contributed by atoms with van der Waals surface area (Å²) in [4.78, 5) is 0. The van der Waals surface area contributed by atoms with Gasteiger partial charge in [0.2, 0.25) is 0 Å². The summed E-state index contributed by atoms with van der Waals surface area (Å²) in [5.74, 6) is 0. The molecule has 5 heteroatoms. The third kappa shape index (κ3) is 17.8. The maximum atomic E-state index is 0. The Kier molecular flexibility index (Phi) is 162. The molecular formula is H3ILiNaScTm. The fraction of sp³-hybridized carbons (Fsp3) is 0. The van der Waals surface area contributed by atoms with Gasteiger partial charge in [0.25, 0.3) is 0 Å². The molecule has 0 aliphatic carbocycles. The van der Waals surface area contributed by atoms with Crippen LogP contribution in [0, 0.1) is 36.9 Å². The normalized spacial score (nSPS) is 0. The van der Waals surface area contributed by atoms with Crippen molar-refractivity contribution < 1.29 is 114 Å². The topological polar surface area (TPSA) is 0 Å². The molecule has 0 rings (SSSR count). The first-order valence-electron chi connectivity index (χ1n) is 0. The molecule has 5 heavy (non-hydrogen) atoms. The molecule has 0 N–H and O–H groups in total. The Bertz CT molecular complexity index is 17.7. The molecule has 0 atom stereocenters. The summed E-state index contributed by atoms with van der Waals surface area (Å²) in [6.07, 6.45) is 0. The maximum absolute atomic E-state index is 0. The average molecular weight is 374 g/mol. The number of halogens is 1. The molecule has 0 aliphatic rings. The molecule has 0 heterocycles. The van der Waals surface area contributed by atoms with Gasteiger partial charge in [-0.15, -0.1) is 24.0 Å². The molecule has 0 unspecified atom stereocenters. The van der Waals surface area contributed by atoms with Crippen molar-refractivity contribution in [3.05, 3.63) is 0 Å². The van der Waals surface area contributed by atoms with E-state index in [2.05, 4.69) is 0 Å². The quantitative estimate of drug-likeness (QED) is 0.294. The third-order valence-electron chi connectivity index (χ3n) is 0. The summed E-state index contributed by atoms with van der Waals surface area (Å²) in [7, 11) is 0.